The Morgan fingerprint density at radius 1 is 0.388 bits per heavy atom. The molecule has 10 rings (SSSR count). The normalized spacial score (nSPS) is 15.1. The van der Waals surface area contributed by atoms with Crippen LogP contribution in [0, 0.1) is 0 Å². The summed E-state index contributed by atoms with van der Waals surface area (Å²) in [5.41, 5.74) is 15.6. The molecule has 0 saturated heterocycles. The lowest BCUT2D eigenvalue weighted by Crippen LogP contribution is -2.26. The highest BCUT2D eigenvalue weighted by atomic mass is 35.5. The van der Waals surface area contributed by atoms with Gasteiger partial charge in [-0.15, -0.1) is 0 Å². The van der Waals surface area contributed by atoms with Crippen molar-refractivity contribution in [3.8, 4) is 33.4 Å². The molecule has 1 unspecified atom stereocenters. The summed E-state index contributed by atoms with van der Waals surface area (Å²) in [6, 6.07) is 66.3. The van der Waals surface area contributed by atoms with Gasteiger partial charge in [-0.1, -0.05) is 133 Å². The molecule has 0 radical (unpaired) electrons. The highest BCUT2D eigenvalue weighted by Crippen LogP contribution is 2.65. The number of benzene rings is 8. The van der Waals surface area contributed by atoms with Gasteiger partial charge in [-0.3, -0.25) is 0 Å². The number of hydrogen-bond acceptors (Lipinski definition) is 1. The van der Waals surface area contributed by atoms with Crippen LogP contribution in [0.2, 0.25) is 5.02 Å². The van der Waals surface area contributed by atoms with E-state index in [9.17, 15) is 0 Å². The second-order valence-corrected chi connectivity index (χ2v) is 13.5. The van der Waals surface area contributed by atoms with Gasteiger partial charge in [-0.05, 0) is 122 Å². The summed E-state index contributed by atoms with van der Waals surface area (Å²) in [4.78, 5) is 2.43. The number of anilines is 3. The smallest absolute Gasteiger partial charge is 0.0726 e. The van der Waals surface area contributed by atoms with Crippen molar-refractivity contribution in [1.29, 1.82) is 0 Å². The molecule has 2 heteroatoms. The molecular weight excluding hydrogens is 614 g/mol. The Morgan fingerprint density at radius 3 is 1.61 bits per heavy atom. The third kappa shape index (κ3) is 4.06. The van der Waals surface area contributed by atoms with Crippen LogP contribution in [-0.4, -0.2) is 0 Å². The van der Waals surface area contributed by atoms with Gasteiger partial charge in [0.1, 0.15) is 0 Å². The van der Waals surface area contributed by atoms with Gasteiger partial charge in [0, 0.05) is 22.0 Å². The Hall–Kier alpha value is -5.89. The zero-order valence-electron chi connectivity index (χ0n) is 26.6. The highest BCUT2D eigenvalue weighted by molar-refractivity contribution is 6.30. The fourth-order valence-corrected chi connectivity index (χ4v) is 8.62. The van der Waals surface area contributed by atoms with Crippen molar-refractivity contribution >= 4 is 39.4 Å². The lowest BCUT2D eigenvalue weighted by atomic mass is 9.70. The van der Waals surface area contributed by atoms with Crippen LogP contribution in [0.3, 0.4) is 0 Å². The first-order valence-electron chi connectivity index (χ1n) is 16.8. The van der Waals surface area contributed by atoms with Gasteiger partial charge < -0.3 is 4.90 Å². The molecule has 8 aromatic carbocycles. The molecule has 2 aliphatic rings. The third-order valence-corrected chi connectivity index (χ3v) is 10.7. The lowest BCUT2D eigenvalue weighted by Gasteiger charge is -2.32. The quantitative estimate of drug-likeness (QED) is 0.184. The molecular formula is C47H30ClN. The summed E-state index contributed by atoms with van der Waals surface area (Å²) in [6.07, 6.45) is 0. The van der Waals surface area contributed by atoms with Crippen LogP contribution in [-0.2, 0) is 5.41 Å². The maximum atomic E-state index is 6.45. The van der Waals surface area contributed by atoms with E-state index in [4.69, 9.17) is 11.6 Å². The number of fused-ring (bicyclic) bond motifs is 11. The maximum Gasteiger partial charge on any atom is 0.0726 e. The van der Waals surface area contributed by atoms with E-state index in [1.165, 1.54) is 55.3 Å². The Kier molecular flexibility index (Phi) is 6.22. The summed E-state index contributed by atoms with van der Waals surface area (Å²) >= 11 is 6.45. The van der Waals surface area contributed by atoms with E-state index in [0.717, 1.165) is 33.2 Å². The van der Waals surface area contributed by atoms with Crippen LogP contribution in [0.5, 0.6) is 0 Å². The average molecular weight is 644 g/mol. The van der Waals surface area contributed by atoms with Gasteiger partial charge in [0.25, 0.3) is 0 Å². The SMILES string of the molecule is Clc1ccc(-c2cc(N(c3ccccc3)c3ccccc3)c3c(c2)C2(c4ccccc4-c4cc5ccccc5cc42)c2ccccc2-3)cc1. The summed E-state index contributed by atoms with van der Waals surface area (Å²) < 4.78 is 0. The molecule has 1 nitrogen and oxygen atoms in total. The van der Waals surface area contributed by atoms with Crippen molar-refractivity contribution in [1.82, 2.24) is 0 Å². The van der Waals surface area contributed by atoms with Gasteiger partial charge in [0.2, 0.25) is 0 Å². The first-order chi connectivity index (χ1) is 24.2. The van der Waals surface area contributed by atoms with Crippen molar-refractivity contribution in [3.63, 3.8) is 0 Å². The van der Waals surface area contributed by atoms with E-state index in [-0.39, 0.29) is 0 Å². The van der Waals surface area contributed by atoms with E-state index in [1.807, 2.05) is 12.1 Å². The van der Waals surface area contributed by atoms with E-state index >= 15 is 0 Å². The number of nitrogens with zero attached hydrogens (tertiary/aromatic N) is 1. The van der Waals surface area contributed by atoms with Crippen molar-refractivity contribution in [2.45, 2.75) is 5.41 Å². The van der Waals surface area contributed by atoms with E-state index in [0.29, 0.717) is 0 Å². The predicted octanol–water partition coefficient (Wildman–Crippen LogP) is 13.0. The third-order valence-electron chi connectivity index (χ3n) is 10.5. The fraction of sp³-hybridized carbons (Fsp3) is 0.0213. The summed E-state index contributed by atoms with van der Waals surface area (Å²) in [5.74, 6) is 0. The second-order valence-electron chi connectivity index (χ2n) is 13.0. The van der Waals surface area contributed by atoms with Crippen LogP contribution >= 0.6 is 11.6 Å². The zero-order chi connectivity index (χ0) is 32.5. The van der Waals surface area contributed by atoms with Gasteiger partial charge in [0.15, 0.2) is 0 Å². The topological polar surface area (TPSA) is 3.24 Å². The first kappa shape index (κ1) is 28.2. The van der Waals surface area contributed by atoms with Crippen LogP contribution in [0.1, 0.15) is 22.3 Å². The van der Waals surface area contributed by atoms with E-state index in [2.05, 4.69) is 175 Å². The standard InChI is InChI=1S/C47H30ClN/c48-35-25-23-31(24-26-35)34-29-44-46(45(30-34)49(36-15-3-1-4-16-36)37-17-5-2-6-18-37)39-20-10-12-22-42(39)47(44)41-21-11-9-19-38(41)40-27-32-13-7-8-14-33(32)28-43(40)47/h1-30H. The van der Waals surface area contributed by atoms with Crippen molar-refractivity contribution in [2.75, 3.05) is 4.90 Å². The van der Waals surface area contributed by atoms with Crippen molar-refractivity contribution < 1.29 is 0 Å². The van der Waals surface area contributed by atoms with Crippen molar-refractivity contribution in [3.05, 3.63) is 209 Å². The molecule has 49 heavy (non-hydrogen) atoms. The molecule has 0 heterocycles. The number of rotatable bonds is 4. The monoisotopic (exact) mass is 643 g/mol. The maximum absolute atomic E-state index is 6.45. The van der Waals surface area contributed by atoms with Crippen LogP contribution in [0.15, 0.2) is 182 Å². The molecule has 0 fully saturated rings. The Morgan fingerprint density at radius 2 is 0.939 bits per heavy atom. The predicted molar refractivity (Wildman–Crippen MR) is 205 cm³/mol. The Labute approximate surface area is 291 Å². The molecule has 1 spiro atoms. The lowest BCUT2D eigenvalue weighted by molar-refractivity contribution is 0.795. The van der Waals surface area contributed by atoms with Gasteiger partial charge in [-0.2, -0.15) is 0 Å². The van der Waals surface area contributed by atoms with Gasteiger partial charge in [-0.25, -0.2) is 0 Å². The average Bonchev–Trinajstić information content (AvgIpc) is 3.62. The first-order valence-corrected chi connectivity index (χ1v) is 17.2. The number of para-hydroxylation sites is 2. The minimum atomic E-state index is -0.502. The molecule has 8 aromatic rings. The largest absolute Gasteiger partial charge is 0.310 e. The summed E-state index contributed by atoms with van der Waals surface area (Å²) in [6.45, 7) is 0. The molecule has 2 aliphatic carbocycles. The minimum absolute atomic E-state index is 0.502. The van der Waals surface area contributed by atoms with Crippen LogP contribution < -0.4 is 4.90 Å². The van der Waals surface area contributed by atoms with Crippen LogP contribution in [0.4, 0.5) is 17.1 Å². The molecule has 0 amide bonds. The molecule has 1 atom stereocenters. The Bertz CT molecular complexity index is 2510. The summed E-state index contributed by atoms with van der Waals surface area (Å²) in [5, 5.41) is 3.24. The molecule has 0 N–H and O–H groups in total. The molecule has 0 aromatic heterocycles. The molecule has 0 aliphatic heterocycles. The minimum Gasteiger partial charge on any atom is -0.310 e. The Balaban J connectivity index is 1.39. The van der Waals surface area contributed by atoms with E-state index < -0.39 is 5.41 Å². The van der Waals surface area contributed by atoms with Crippen LogP contribution in [0.25, 0.3) is 44.2 Å². The number of hydrogen-bond donors (Lipinski definition) is 0. The highest BCUT2D eigenvalue weighted by Gasteiger charge is 2.52. The number of halogens is 1. The van der Waals surface area contributed by atoms with E-state index in [1.54, 1.807) is 0 Å². The molecule has 230 valence electrons. The molecule has 0 bridgehead atoms. The van der Waals surface area contributed by atoms with Gasteiger partial charge in [0.05, 0.1) is 11.1 Å². The van der Waals surface area contributed by atoms with Gasteiger partial charge >= 0.3 is 0 Å². The molecule has 0 saturated carbocycles. The van der Waals surface area contributed by atoms with Crippen molar-refractivity contribution in [2.24, 2.45) is 0 Å². The summed E-state index contributed by atoms with van der Waals surface area (Å²) in [7, 11) is 0. The second kappa shape index (κ2) is 10.8. The fourth-order valence-electron chi connectivity index (χ4n) is 8.49. The zero-order valence-corrected chi connectivity index (χ0v) is 27.4.